The number of halogens is 1. The number of benzene rings is 1. The number of hydrogen-bond acceptors (Lipinski definition) is 4. The van der Waals surface area contributed by atoms with Crippen molar-refractivity contribution in [3.63, 3.8) is 0 Å². The second kappa shape index (κ2) is 6.05. The molecule has 6 nitrogen and oxygen atoms in total. The third-order valence-electron chi connectivity index (χ3n) is 3.19. The first-order chi connectivity index (χ1) is 9.97. The van der Waals surface area contributed by atoms with Crippen molar-refractivity contribution in [2.45, 2.75) is 13.3 Å². The van der Waals surface area contributed by atoms with Gasteiger partial charge in [0.25, 0.3) is 5.56 Å². The van der Waals surface area contributed by atoms with Gasteiger partial charge in [0.2, 0.25) is 0 Å². The summed E-state index contributed by atoms with van der Waals surface area (Å²) >= 11 is 6.29. The van der Waals surface area contributed by atoms with Crippen LogP contribution >= 0.6 is 11.6 Å². The summed E-state index contributed by atoms with van der Waals surface area (Å²) in [6.07, 6.45) is 0.275. The van der Waals surface area contributed by atoms with Crippen molar-refractivity contribution in [1.82, 2.24) is 9.97 Å². The molecule has 0 amide bonds. The number of methoxy groups -OCH3 is 2. The van der Waals surface area contributed by atoms with Gasteiger partial charge in [-0.05, 0) is 18.6 Å². The van der Waals surface area contributed by atoms with E-state index in [4.69, 9.17) is 21.1 Å². The summed E-state index contributed by atoms with van der Waals surface area (Å²) in [6.45, 7) is 1.67. The standard InChI is InChI=1S/C14H15ClN2O4/c1-7-9(13(18)17-14(19)16-7)6-8-4-5-10(20-2)12(21-3)11(8)15/h4-5H,6H2,1-3H3,(H2,16,17,18,19). The van der Waals surface area contributed by atoms with Crippen LogP contribution in [-0.2, 0) is 6.42 Å². The van der Waals surface area contributed by atoms with E-state index < -0.39 is 11.2 Å². The van der Waals surface area contributed by atoms with Gasteiger partial charge in [0.15, 0.2) is 11.5 Å². The number of aromatic nitrogens is 2. The van der Waals surface area contributed by atoms with Crippen molar-refractivity contribution in [1.29, 1.82) is 0 Å². The smallest absolute Gasteiger partial charge is 0.325 e. The second-order valence-electron chi connectivity index (χ2n) is 4.46. The highest BCUT2D eigenvalue weighted by Gasteiger charge is 2.15. The molecule has 0 saturated carbocycles. The minimum atomic E-state index is -0.528. The third-order valence-corrected chi connectivity index (χ3v) is 3.60. The Bertz CT molecular complexity index is 780. The van der Waals surface area contributed by atoms with Crippen molar-refractivity contribution in [3.8, 4) is 11.5 Å². The highest BCUT2D eigenvalue weighted by Crippen LogP contribution is 2.37. The van der Waals surface area contributed by atoms with Crippen LogP contribution in [-0.4, -0.2) is 24.2 Å². The van der Waals surface area contributed by atoms with Crippen LogP contribution in [0, 0.1) is 6.92 Å². The molecule has 1 aromatic carbocycles. The molecule has 1 aromatic heterocycles. The van der Waals surface area contributed by atoms with Crippen LogP contribution in [0.25, 0.3) is 0 Å². The van der Waals surface area contributed by atoms with Gasteiger partial charge in [-0.2, -0.15) is 0 Å². The van der Waals surface area contributed by atoms with Crippen molar-refractivity contribution < 1.29 is 9.47 Å². The molecule has 7 heteroatoms. The van der Waals surface area contributed by atoms with E-state index in [1.165, 1.54) is 14.2 Å². The largest absolute Gasteiger partial charge is 0.493 e. The van der Waals surface area contributed by atoms with Crippen LogP contribution in [0.2, 0.25) is 5.02 Å². The maximum atomic E-state index is 11.9. The van der Waals surface area contributed by atoms with Crippen LogP contribution in [0.1, 0.15) is 16.8 Å². The summed E-state index contributed by atoms with van der Waals surface area (Å²) in [5.74, 6) is 0.925. The van der Waals surface area contributed by atoms with Crippen molar-refractivity contribution in [3.05, 3.63) is 54.8 Å². The first-order valence-corrected chi connectivity index (χ1v) is 6.57. The first kappa shape index (κ1) is 15.2. The van der Waals surface area contributed by atoms with Gasteiger partial charge in [-0.15, -0.1) is 0 Å². The maximum absolute atomic E-state index is 11.9. The monoisotopic (exact) mass is 310 g/mol. The molecule has 0 bridgehead atoms. The zero-order chi connectivity index (χ0) is 15.6. The minimum Gasteiger partial charge on any atom is -0.493 e. The molecule has 0 spiro atoms. The van der Waals surface area contributed by atoms with Gasteiger partial charge in [-0.25, -0.2) is 4.79 Å². The fraction of sp³-hybridized carbons (Fsp3) is 0.286. The van der Waals surface area contributed by atoms with E-state index in [9.17, 15) is 9.59 Å². The van der Waals surface area contributed by atoms with E-state index in [0.717, 1.165) is 0 Å². The van der Waals surface area contributed by atoms with E-state index in [1.54, 1.807) is 19.1 Å². The molecule has 2 aromatic rings. The number of aromatic amines is 2. The lowest BCUT2D eigenvalue weighted by molar-refractivity contribution is 0.355. The quantitative estimate of drug-likeness (QED) is 0.899. The lowest BCUT2D eigenvalue weighted by Gasteiger charge is -2.13. The molecular weight excluding hydrogens is 296 g/mol. The zero-order valence-corrected chi connectivity index (χ0v) is 12.6. The molecule has 0 fully saturated rings. The van der Waals surface area contributed by atoms with E-state index in [1.807, 2.05) is 0 Å². The molecule has 0 radical (unpaired) electrons. The Kier molecular flexibility index (Phi) is 4.37. The molecule has 0 aliphatic heterocycles. The highest BCUT2D eigenvalue weighted by molar-refractivity contribution is 6.33. The Morgan fingerprint density at radius 3 is 2.43 bits per heavy atom. The lowest BCUT2D eigenvalue weighted by Crippen LogP contribution is -2.27. The normalized spacial score (nSPS) is 10.5. The molecule has 0 aliphatic rings. The van der Waals surface area contributed by atoms with Crippen LogP contribution in [0.5, 0.6) is 11.5 Å². The Labute approximate surface area is 125 Å². The van der Waals surface area contributed by atoms with Gasteiger partial charge in [-0.3, -0.25) is 9.78 Å². The summed E-state index contributed by atoms with van der Waals surface area (Å²) in [6, 6.07) is 3.48. The van der Waals surface area contributed by atoms with E-state index in [-0.39, 0.29) is 6.42 Å². The summed E-state index contributed by atoms with van der Waals surface area (Å²) < 4.78 is 10.4. The first-order valence-electron chi connectivity index (χ1n) is 6.19. The van der Waals surface area contributed by atoms with Gasteiger partial charge in [0.05, 0.1) is 19.2 Å². The zero-order valence-electron chi connectivity index (χ0n) is 11.9. The molecule has 0 aliphatic carbocycles. The van der Waals surface area contributed by atoms with Gasteiger partial charge >= 0.3 is 5.69 Å². The SMILES string of the molecule is COc1ccc(Cc2c(C)[nH]c(=O)[nH]c2=O)c(Cl)c1OC. The molecule has 2 N–H and O–H groups in total. The van der Waals surface area contributed by atoms with Crippen LogP contribution < -0.4 is 20.7 Å². The number of H-pyrrole nitrogens is 2. The summed E-state index contributed by atoms with van der Waals surface area (Å²) in [7, 11) is 3.01. The van der Waals surface area contributed by atoms with E-state index in [0.29, 0.717) is 33.3 Å². The van der Waals surface area contributed by atoms with Gasteiger partial charge in [0, 0.05) is 17.7 Å². The van der Waals surface area contributed by atoms with Crippen molar-refractivity contribution in [2.24, 2.45) is 0 Å². The number of hydrogen-bond donors (Lipinski definition) is 2. The predicted molar refractivity (Wildman–Crippen MR) is 79.8 cm³/mol. The average Bonchev–Trinajstić information content (AvgIpc) is 2.43. The highest BCUT2D eigenvalue weighted by atomic mass is 35.5. The topological polar surface area (TPSA) is 84.2 Å². The van der Waals surface area contributed by atoms with Gasteiger partial charge in [-0.1, -0.05) is 17.7 Å². The Morgan fingerprint density at radius 2 is 1.86 bits per heavy atom. The summed E-state index contributed by atoms with van der Waals surface area (Å²) in [5, 5.41) is 0.377. The number of aryl methyl sites for hydroxylation is 1. The molecule has 0 saturated heterocycles. The Hall–Kier alpha value is -2.21. The fourth-order valence-corrected chi connectivity index (χ4v) is 2.40. The molecule has 1 heterocycles. The third kappa shape index (κ3) is 2.95. The maximum Gasteiger partial charge on any atom is 0.325 e. The average molecular weight is 311 g/mol. The summed E-state index contributed by atoms with van der Waals surface area (Å²) in [5.41, 5.74) is 0.704. The molecule has 2 rings (SSSR count). The van der Waals surface area contributed by atoms with Crippen molar-refractivity contribution >= 4 is 11.6 Å². The number of rotatable bonds is 4. The van der Waals surface area contributed by atoms with Crippen LogP contribution in [0.15, 0.2) is 21.7 Å². The Morgan fingerprint density at radius 1 is 1.14 bits per heavy atom. The predicted octanol–water partition coefficient (Wildman–Crippen LogP) is 1.63. The van der Waals surface area contributed by atoms with Gasteiger partial charge < -0.3 is 14.5 Å². The molecule has 0 atom stereocenters. The Balaban J connectivity index is 2.51. The fourth-order valence-electron chi connectivity index (χ4n) is 2.10. The lowest BCUT2D eigenvalue weighted by atomic mass is 10.0. The molecule has 112 valence electrons. The van der Waals surface area contributed by atoms with Crippen LogP contribution in [0.4, 0.5) is 0 Å². The van der Waals surface area contributed by atoms with Gasteiger partial charge in [0.1, 0.15) is 0 Å². The number of nitrogens with one attached hydrogen (secondary N) is 2. The van der Waals surface area contributed by atoms with E-state index in [2.05, 4.69) is 9.97 Å². The van der Waals surface area contributed by atoms with E-state index >= 15 is 0 Å². The molecule has 21 heavy (non-hydrogen) atoms. The number of ether oxygens (including phenoxy) is 2. The van der Waals surface area contributed by atoms with Crippen LogP contribution in [0.3, 0.4) is 0 Å². The van der Waals surface area contributed by atoms with Crippen molar-refractivity contribution in [2.75, 3.05) is 14.2 Å². The summed E-state index contributed by atoms with van der Waals surface area (Å²) in [4.78, 5) is 27.8. The molecule has 0 unspecified atom stereocenters. The second-order valence-corrected chi connectivity index (χ2v) is 4.84. The molecular formula is C14H15ClN2O4. The minimum absolute atomic E-state index is 0.275.